The average Bonchev–Trinajstić information content (AvgIpc) is 2.75. The summed E-state index contributed by atoms with van der Waals surface area (Å²) in [5, 5.41) is 0. The van der Waals surface area contributed by atoms with Crippen molar-refractivity contribution in [3.8, 4) is 0 Å². The zero-order valence-electron chi connectivity index (χ0n) is 19.6. The first-order valence-corrected chi connectivity index (χ1v) is 11.7. The van der Waals surface area contributed by atoms with Gasteiger partial charge in [-0.15, -0.1) is 4.72 Å². The summed E-state index contributed by atoms with van der Waals surface area (Å²) in [4.78, 5) is 11.6. The van der Waals surface area contributed by atoms with Gasteiger partial charge in [0.05, 0.1) is 23.8 Å². The summed E-state index contributed by atoms with van der Waals surface area (Å²) >= 11 is -1.69. The van der Waals surface area contributed by atoms with Gasteiger partial charge in [0.25, 0.3) is 0 Å². The summed E-state index contributed by atoms with van der Waals surface area (Å²) in [5.74, 6) is 0. The van der Waals surface area contributed by atoms with Gasteiger partial charge in [-0.2, -0.15) is 26.3 Å². The van der Waals surface area contributed by atoms with Crippen LogP contribution >= 0.6 is 0 Å². The minimum Gasteiger partial charge on any atom is -0.598 e. The molecule has 0 radical (unpaired) electrons. The van der Waals surface area contributed by atoms with Gasteiger partial charge in [-0.25, -0.2) is 0 Å². The number of carbonyl (C=O) groups excluding carboxylic acids is 1. The molecule has 2 aromatic rings. The van der Waals surface area contributed by atoms with Gasteiger partial charge in [-0.1, -0.05) is 30.3 Å². The first-order valence-electron chi connectivity index (χ1n) is 10.6. The summed E-state index contributed by atoms with van der Waals surface area (Å²) in [6, 6.07) is 9.67. The Labute approximate surface area is 203 Å². The van der Waals surface area contributed by atoms with E-state index >= 15 is 0 Å². The number of nitrogens with one attached hydrogen (secondary N) is 1. The van der Waals surface area contributed by atoms with Crippen LogP contribution in [0, 0.1) is 0 Å². The number of hydrogen-bond donors (Lipinski definition) is 1. The van der Waals surface area contributed by atoms with E-state index in [2.05, 4.69) is 4.72 Å². The fraction of sp³-hybridized carbons (Fsp3) is 0.458. The minimum atomic E-state index is -4.99. The van der Waals surface area contributed by atoms with Crippen LogP contribution in [0.3, 0.4) is 0 Å². The summed E-state index contributed by atoms with van der Waals surface area (Å²) < 4.78 is 100. The molecule has 0 aromatic heterocycles. The Kier molecular flexibility index (Phi) is 9.08. The third kappa shape index (κ3) is 7.70. The van der Waals surface area contributed by atoms with Gasteiger partial charge < -0.3 is 14.1 Å². The fourth-order valence-electron chi connectivity index (χ4n) is 3.20. The van der Waals surface area contributed by atoms with Crippen LogP contribution in [0.4, 0.5) is 26.3 Å². The molecular weight excluding hydrogens is 496 g/mol. The molecule has 1 unspecified atom stereocenters. The molecule has 0 saturated carbocycles. The van der Waals surface area contributed by atoms with E-state index < -0.39 is 51.2 Å². The van der Waals surface area contributed by atoms with Crippen molar-refractivity contribution >= 4 is 17.6 Å². The van der Waals surface area contributed by atoms with Crippen LogP contribution in [0.25, 0.3) is 0 Å². The topological polar surface area (TPSA) is 61.4 Å². The smallest absolute Gasteiger partial charge is 0.416 e. The van der Waals surface area contributed by atoms with Crippen LogP contribution < -0.4 is 4.72 Å². The van der Waals surface area contributed by atoms with Gasteiger partial charge in [0.15, 0.2) is 0 Å². The fourth-order valence-corrected chi connectivity index (χ4v) is 4.12. The summed E-state index contributed by atoms with van der Waals surface area (Å²) in [6.45, 7) is 6.08. The molecule has 35 heavy (non-hydrogen) atoms. The van der Waals surface area contributed by atoms with Crippen molar-refractivity contribution in [1.82, 2.24) is 4.72 Å². The first-order chi connectivity index (χ1) is 16.0. The van der Waals surface area contributed by atoms with Crippen molar-refractivity contribution in [3.63, 3.8) is 0 Å². The molecule has 0 heterocycles. The van der Waals surface area contributed by atoms with E-state index in [1.807, 2.05) is 0 Å². The highest BCUT2D eigenvalue weighted by Crippen LogP contribution is 2.38. The number of carbonyl (C=O) groups is 1. The van der Waals surface area contributed by atoms with Crippen LogP contribution in [0.5, 0.6) is 0 Å². The second-order valence-corrected chi connectivity index (χ2v) is 11.1. The Hall–Kier alpha value is -2.08. The second kappa shape index (κ2) is 10.9. The highest BCUT2D eigenvalue weighted by molar-refractivity contribution is 7.90. The van der Waals surface area contributed by atoms with E-state index in [-0.39, 0.29) is 24.7 Å². The second-order valence-electron chi connectivity index (χ2n) is 9.09. The predicted molar refractivity (Wildman–Crippen MR) is 121 cm³/mol. The van der Waals surface area contributed by atoms with Gasteiger partial charge in [-0.05, 0) is 57.0 Å². The quantitative estimate of drug-likeness (QED) is 0.237. The largest absolute Gasteiger partial charge is 0.598 e. The van der Waals surface area contributed by atoms with Gasteiger partial charge >= 0.3 is 12.4 Å². The summed E-state index contributed by atoms with van der Waals surface area (Å²) in [6.07, 6.45) is -10.8. The normalized spacial score (nSPS) is 16.4. The lowest BCUT2D eigenvalue weighted by molar-refractivity contribution is -0.143. The lowest BCUT2D eigenvalue weighted by Gasteiger charge is -2.37. The molecule has 0 aliphatic carbocycles. The number of aldehydes is 1. The lowest BCUT2D eigenvalue weighted by Crippen LogP contribution is -2.54. The molecule has 0 fully saturated rings. The molecule has 0 aliphatic rings. The van der Waals surface area contributed by atoms with Crippen molar-refractivity contribution in [2.24, 2.45) is 0 Å². The predicted octanol–water partition coefficient (Wildman–Crippen LogP) is 6.34. The van der Waals surface area contributed by atoms with Crippen LogP contribution in [0.1, 0.15) is 62.5 Å². The summed E-state index contributed by atoms with van der Waals surface area (Å²) in [5.41, 5.74) is -4.06. The van der Waals surface area contributed by atoms with Crippen molar-refractivity contribution in [3.05, 3.63) is 70.8 Å². The van der Waals surface area contributed by atoms with E-state index in [4.69, 9.17) is 4.74 Å². The number of rotatable bonds is 9. The van der Waals surface area contributed by atoms with Crippen LogP contribution in [-0.4, -0.2) is 22.2 Å². The Morgan fingerprint density at radius 3 is 1.89 bits per heavy atom. The lowest BCUT2D eigenvalue weighted by atomic mass is 9.89. The number of benzene rings is 2. The van der Waals surface area contributed by atoms with E-state index in [1.165, 1.54) is 6.92 Å². The van der Waals surface area contributed by atoms with E-state index in [1.54, 1.807) is 51.1 Å². The highest BCUT2D eigenvalue weighted by atomic mass is 32.2. The van der Waals surface area contributed by atoms with Gasteiger partial charge in [0.1, 0.15) is 16.6 Å². The van der Waals surface area contributed by atoms with Gasteiger partial charge in [-0.3, -0.25) is 0 Å². The van der Waals surface area contributed by atoms with Crippen molar-refractivity contribution < 1.29 is 40.4 Å². The Balaban J connectivity index is 2.46. The Morgan fingerprint density at radius 1 is 0.943 bits per heavy atom. The van der Waals surface area contributed by atoms with Crippen LogP contribution in [0.15, 0.2) is 48.5 Å². The number of alkyl halides is 6. The summed E-state index contributed by atoms with van der Waals surface area (Å²) in [7, 11) is 0. The van der Waals surface area contributed by atoms with Crippen molar-refractivity contribution in [2.75, 3.05) is 6.61 Å². The number of halogens is 6. The molecule has 11 heteroatoms. The maximum atomic E-state index is 13.3. The average molecular weight is 524 g/mol. The molecule has 0 aliphatic heterocycles. The SMILES string of the molecule is C[C@@H](OC[C@@](CC=O)(N[S+]([O-])C(C)(C)C)c1ccccc1)c1cc(C(F)(F)F)cc(C(F)(F)F)c1. The number of ether oxygens (including phenoxy) is 1. The standard InChI is InChI=1S/C24H27F6NO3S/c1-16(17-12-19(23(25,26)27)14-20(13-17)24(28,29)30)34-15-22(10-11-32,18-8-6-5-7-9-18)31-35(33)21(2,3)4/h5-9,11-14,16,31H,10,15H2,1-4H3/t16-,22-,35?/m1/s1. The molecule has 3 atom stereocenters. The Bertz CT molecular complexity index is 959. The molecule has 1 N–H and O–H groups in total. The molecule has 4 nitrogen and oxygen atoms in total. The maximum Gasteiger partial charge on any atom is 0.416 e. The maximum absolute atomic E-state index is 13.3. The molecule has 0 amide bonds. The molecule has 0 bridgehead atoms. The number of hydrogen-bond acceptors (Lipinski definition) is 4. The van der Waals surface area contributed by atoms with Gasteiger partial charge in [0, 0.05) is 17.8 Å². The minimum absolute atomic E-state index is 0.0465. The zero-order valence-corrected chi connectivity index (χ0v) is 20.4. The van der Waals surface area contributed by atoms with Crippen LogP contribution in [0.2, 0.25) is 0 Å². The van der Waals surface area contributed by atoms with E-state index in [0.717, 1.165) is 0 Å². The van der Waals surface area contributed by atoms with Crippen molar-refractivity contribution in [1.29, 1.82) is 0 Å². The molecular formula is C24H27F6NO3S. The molecule has 2 aromatic carbocycles. The molecule has 194 valence electrons. The van der Waals surface area contributed by atoms with E-state index in [0.29, 0.717) is 24.0 Å². The highest BCUT2D eigenvalue weighted by Gasteiger charge is 2.42. The third-order valence-electron chi connectivity index (χ3n) is 5.26. The van der Waals surface area contributed by atoms with Crippen LogP contribution in [-0.2, 0) is 38.8 Å². The third-order valence-corrected chi connectivity index (χ3v) is 6.95. The molecule has 0 spiro atoms. The van der Waals surface area contributed by atoms with E-state index in [9.17, 15) is 35.7 Å². The van der Waals surface area contributed by atoms with Crippen molar-refractivity contribution in [2.45, 2.75) is 62.9 Å². The zero-order chi connectivity index (χ0) is 26.7. The van der Waals surface area contributed by atoms with Gasteiger partial charge in [0.2, 0.25) is 0 Å². The Morgan fingerprint density at radius 2 is 1.46 bits per heavy atom. The monoisotopic (exact) mass is 523 g/mol. The molecule has 2 rings (SSSR count). The first kappa shape index (κ1) is 29.2. The molecule has 0 saturated heterocycles.